The molecule has 0 bridgehead atoms. The van der Waals surface area contributed by atoms with E-state index in [1.807, 2.05) is 11.8 Å². The van der Waals surface area contributed by atoms with Crippen LogP contribution in [-0.4, -0.2) is 45.8 Å². The molecule has 2 aromatic heterocycles. The molecule has 1 saturated heterocycles. The van der Waals surface area contributed by atoms with Gasteiger partial charge < -0.3 is 15.2 Å². The lowest BCUT2D eigenvalue weighted by Gasteiger charge is -2.32. The van der Waals surface area contributed by atoms with E-state index in [2.05, 4.69) is 47.3 Å². The monoisotopic (exact) mass is 484 g/mol. The summed E-state index contributed by atoms with van der Waals surface area (Å²) in [5.74, 6) is 1.04. The Kier molecular flexibility index (Phi) is 6.90. The molecule has 0 unspecified atom stereocenters. The number of fused-ring (bicyclic) bond motifs is 1. The third-order valence-electron chi connectivity index (χ3n) is 5.94. The minimum atomic E-state index is -0.200. The summed E-state index contributed by atoms with van der Waals surface area (Å²) in [6, 6.07) is 6.42. The second-order valence-electron chi connectivity index (χ2n) is 8.57. The molecule has 3 aromatic rings. The highest BCUT2D eigenvalue weighted by Gasteiger charge is 2.27. The molecule has 2 amide bonds. The molecule has 1 aliphatic rings. The van der Waals surface area contributed by atoms with Crippen LogP contribution >= 0.6 is 23.1 Å². The van der Waals surface area contributed by atoms with E-state index in [0.29, 0.717) is 45.3 Å². The van der Waals surface area contributed by atoms with Gasteiger partial charge in [0.25, 0.3) is 11.5 Å². The number of piperidine rings is 1. The second kappa shape index (κ2) is 9.69. The average molecular weight is 485 g/mol. The average Bonchev–Trinajstić information content (AvgIpc) is 3.10. The Hall–Kier alpha value is -2.65. The summed E-state index contributed by atoms with van der Waals surface area (Å²) in [5, 5.41) is 3.42. The SMILES string of the molecule is CC(=O)NC1CCN(C(=O)c2sc3nc(CSc4cc(C)ccc4C)[nH]c(=O)c3c2C)CC1. The first kappa shape index (κ1) is 23.5. The summed E-state index contributed by atoms with van der Waals surface area (Å²) >= 11 is 2.93. The van der Waals surface area contributed by atoms with Gasteiger partial charge in [0.1, 0.15) is 10.7 Å². The minimum absolute atomic E-state index is 0.0445. The number of carbonyl (C=O) groups excluding carboxylic acids is 2. The molecule has 1 aromatic carbocycles. The number of aromatic nitrogens is 2. The van der Waals surface area contributed by atoms with E-state index in [4.69, 9.17) is 0 Å². The zero-order valence-corrected chi connectivity index (χ0v) is 20.9. The standard InChI is InChI=1S/C24H28N4O3S2/c1-13-5-6-14(2)18(11-13)32-12-19-26-22(30)20-15(3)21(33-23(20)27-19)24(31)28-9-7-17(8-10-28)25-16(4)29/h5-6,11,17H,7-10,12H2,1-4H3,(H,25,29)(H,26,27,30). The van der Waals surface area contributed by atoms with Crippen LogP contribution in [0.2, 0.25) is 0 Å². The fourth-order valence-corrected chi connectivity index (χ4v) is 6.29. The van der Waals surface area contributed by atoms with Gasteiger partial charge in [0.2, 0.25) is 5.91 Å². The molecule has 7 nitrogen and oxygen atoms in total. The Labute approximate surface area is 201 Å². The molecule has 4 rings (SSSR count). The molecule has 33 heavy (non-hydrogen) atoms. The predicted molar refractivity (Wildman–Crippen MR) is 133 cm³/mol. The molecule has 0 spiro atoms. The Morgan fingerprint density at radius 2 is 1.97 bits per heavy atom. The van der Waals surface area contributed by atoms with Gasteiger partial charge in [0.15, 0.2) is 0 Å². The maximum absolute atomic E-state index is 13.2. The third-order valence-corrected chi connectivity index (χ3v) is 8.28. The maximum atomic E-state index is 13.2. The minimum Gasteiger partial charge on any atom is -0.353 e. The number of hydrogen-bond donors (Lipinski definition) is 2. The van der Waals surface area contributed by atoms with Crippen LogP contribution in [0.4, 0.5) is 0 Å². The fourth-order valence-electron chi connectivity index (χ4n) is 4.13. The molecular formula is C24H28N4O3S2. The normalized spacial score (nSPS) is 14.6. The number of H-pyrrole nitrogens is 1. The van der Waals surface area contributed by atoms with Crippen LogP contribution < -0.4 is 10.9 Å². The maximum Gasteiger partial charge on any atom is 0.264 e. The quantitative estimate of drug-likeness (QED) is 0.535. The highest BCUT2D eigenvalue weighted by atomic mass is 32.2. The van der Waals surface area contributed by atoms with Gasteiger partial charge in [-0.05, 0) is 50.8 Å². The zero-order valence-electron chi connectivity index (χ0n) is 19.3. The summed E-state index contributed by atoms with van der Waals surface area (Å²) in [4.78, 5) is 49.1. The van der Waals surface area contributed by atoms with Gasteiger partial charge >= 0.3 is 0 Å². The number of carbonyl (C=O) groups is 2. The smallest absolute Gasteiger partial charge is 0.264 e. The molecule has 9 heteroatoms. The number of thioether (sulfide) groups is 1. The number of aryl methyl sites for hydroxylation is 3. The van der Waals surface area contributed by atoms with Crippen molar-refractivity contribution in [3.05, 3.63) is 55.9 Å². The molecule has 2 N–H and O–H groups in total. The van der Waals surface area contributed by atoms with Crippen molar-refractivity contribution in [3.63, 3.8) is 0 Å². The van der Waals surface area contributed by atoms with Crippen LogP contribution in [0.25, 0.3) is 10.2 Å². The number of benzene rings is 1. The van der Waals surface area contributed by atoms with Gasteiger partial charge in [0, 0.05) is 31.0 Å². The van der Waals surface area contributed by atoms with E-state index in [0.717, 1.165) is 12.8 Å². The first-order chi connectivity index (χ1) is 15.7. The van der Waals surface area contributed by atoms with Gasteiger partial charge in [-0.25, -0.2) is 4.98 Å². The lowest BCUT2D eigenvalue weighted by molar-refractivity contribution is -0.119. The van der Waals surface area contributed by atoms with Gasteiger partial charge in [0.05, 0.1) is 16.0 Å². The lowest BCUT2D eigenvalue weighted by atomic mass is 10.0. The van der Waals surface area contributed by atoms with Gasteiger partial charge in [-0.3, -0.25) is 14.4 Å². The Morgan fingerprint density at radius 1 is 1.24 bits per heavy atom. The largest absolute Gasteiger partial charge is 0.353 e. The van der Waals surface area contributed by atoms with Gasteiger partial charge in [-0.15, -0.1) is 23.1 Å². The Morgan fingerprint density at radius 3 is 2.67 bits per heavy atom. The van der Waals surface area contributed by atoms with Crippen molar-refractivity contribution < 1.29 is 9.59 Å². The number of nitrogens with one attached hydrogen (secondary N) is 2. The number of rotatable bonds is 5. The van der Waals surface area contributed by atoms with Gasteiger partial charge in [-0.1, -0.05) is 17.7 Å². The first-order valence-electron chi connectivity index (χ1n) is 11.0. The van der Waals surface area contributed by atoms with Crippen LogP contribution in [0.1, 0.15) is 52.0 Å². The summed E-state index contributed by atoms with van der Waals surface area (Å²) in [6.07, 6.45) is 1.46. The van der Waals surface area contributed by atoms with Crippen molar-refractivity contribution in [1.29, 1.82) is 0 Å². The number of aromatic amines is 1. The first-order valence-corrected chi connectivity index (χ1v) is 12.8. The summed E-state index contributed by atoms with van der Waals surface area (Å²) in [5.41, 5.74) is 2.87. The van der Waals surface area contributed by atoms with Crippen LogP contribution in [0, 0.1) is 20.8 Å². The Bertz CT molecular complexity index is 1270. The number of amides is 2. The second-order valence-corrected chi connectivity index (χ2v) is 10.6. The van der Waals surface area contributed by atoms with E-state index < -0.39 is 0 Å². The van der Waals surface area contributed by atoms with E-state index >= 15 is 0 Å². The molecule has 174 valence electrons. The molecule has 0 saturated carbocycles. The van der Waals surface area contributed by atoms with Crippen molar-refractivity contribution in [2.75, 3.05) is 13.1 Å². The van der Waals surface area contributed by atoms with Crippen molar-refractivity contribution in [2.24, 2.45) is 0 Å². The molecule has 1 fully saturated rings. The topological polar surface area (TPSA) is 95.2 Å². The number of likely N-dealkylation sites (tertiary alicyclic amines) is 1. The van der Waals surface area contributed by atoms with Crippen molar-refractivity contribution in [1.82, 2.24) is 20.2 Å². The Balaban J connectivity index is 1.53. The van der Waals surface area contributed by atoms with E-state index in [-0.39, 0.29) is 23.4 Å². The molecule has 0 radical (unpaired) electrons. The van der Waals surface area contributed by atoms with Crippen LogP contribution in [0.15, 0.2) is 27.9 Å². The summed E-state index contributed by atoms with van der Waals surface area (Å²) < 4.78 is 0. The molecule has 0 atom stereocenters. The predicted octanol–water partition coefficient (Wildman–Crippen LogP) is 3.94. The third kappa shape index (κ3) is 5.14. The highest BCUT2D eigenvalue weighted by molar-refractivity contribution is 7.98. The fraction of sp³-hybridized carbons (Fsp3) is 0.417. The summed E-state index contributed by atoms with van der Waals surface area (Å²) in [7, 11) is 0. The molecule has 3 heterocycles. The number of hydrogen-bond acceptors (Lipinski definition) is 6. The number of nitrogens with zero attached hydrogens (tertiary/aromatic N) is 2. The summed E-state index contributed by atoms with van der Waals surface area (Å²) in [6.45, 7) is 8.62. The lowest BCUT2D eigenvalue weighted by Crippen LogP contribution is -2.46. The molecule has 1 aliphatic heterocycles. The van der Waals surface area contributed by atoms with Crippen LogP contribution in [0.5, 0.6) is 0 Å². The van der Waals surface area contributed by atoms with Crippen molar-refractivity contribution in [2.45, 2.75) is 57.2 Å². The van der Waals surface area contributed by atoms with Crippen LogP contribution in [-0.2, 0) is 10.5 Å². The van der Waals surface area contributed by atoms with Gasteiger partial charge in [-0.2, -0.15) is 0 Å². The van der Waals surface area contributed by atoms with Crippen molar-refractivity contribution in [3.8, 4) is 0 Å². The molecule has 0 aliphatic carbocycles. The van der Waals surface area contributed by atoms with Crippen molar-refractivity contribution >= 4 is 45.1 Å². The van der Waals surface area contributed by atoms with E-state index in [1.54, 1.807) is 11.8 Å². The zero-order chi connectivity index (χ0) is 23.7. The number of thiophene rings is 1. The highest BCUT2D eigenvalue weighted by Crippen LogP contribution is 2.30. The van der Waals surface area contributed by atoms with Crippen LogP contribution in [0.3, 0.4) is 0 Å². The molecular weight excluding hydrogens is 456 g/mol. The van der Waals surface area contributed by atoms with E-state index in [9.17, 15) is 14.4 Å². The van der Waals surface area contributed by atoms with E-state index in [1.165, 1.54) is 34.3 Å².